The number of carbonyl (C=O) groups is 1. The first-order chi connectivity index (χ1) is 8.90. The van der Waals surface area contributed by atoms with Crippen LogP contribution in [0.25, 0.3) is 10.6 Å². The van der Waals surface area contributed by atoms with Crippen molar-refractivity contribution in [3.05, 3.63) is 41.4 Å². The quantitative estimate of drug-likeness (QED) is 0.553. The number of nitrogens with zero attached hydrogens (tertiary/aromatic N) is 1. The van der Waals surface area contributed by atoms with Gasteiger partial charge in [-0.15, -0.1) is 11.3 Å². The Morgan fingerprint density at radius 1 is 1.11 bits per heavy atom. The Labute approximate surface area is 112 Å². The normalized spacial score (nSPS) is 10.4. The van der Waals surface area contributed by atoms with Gasteiger partial charge in [0.25, 0.3) is 0 Å². The second kappa shape index (κ2) is 7.07. The van der Waals surface area contributed by atoms with E-state index in [-0.39, 0.29) is 0 Å². The fraction of sp³-hybridized carbons (Fsp3) is 0.333. The summed E-state index contributed by atoms with van der Waals surface area (Å²) in [6.07, 6.45) is 5.92. The van der Waals surface area contributed by atoms with Crippen molar-refractivity contribution in [3.8, 4) is 10.6 Å². The molecular weight excluding hydrogens is 242 g/mol. The number of hydrogen-bond donors (Lipinski definition) is 0. The molecule has 0 atom stereocenters. The smallest absolute Gasteiger partial charge is 0.123 e. The fourth-order valence-corrected chi connectivity index (χ4v) is 2.71. The Morgan fingerprint density at radius 2 is 1.94 bits per heavy atom. The van der Waals surface area contributed by atoms with Crippen LogP contribution in [-0.2, 0) is 11.2 Å². The Balaban J connectivity index is 1.85. The van der Waals surface area contributed by atoms with E-state index in [2.05, 4.69) is 22.5 Å². The molecule has 2 rings (SSSR count). The predicted molar refractivity (Wildman–Crippen MR) is 75.8 cm³/mol. The summed E-state index contributed by atoms with van der Waals surface area (Å²) in [6, 6.07) is 10.3. The van der Waals surface area contributed by atoms with Crippen LogP contribution in [0, 0.1) is 0 Å². The molecule has 94 valence electrons. The second-order valence-electron chi connectivity index (χ2n) is 4.28. The molecule has 0 aliphatic heterocycles. The van der Waals surface area contributed by atoms with Crippen LogP contribution in [0.1, 0.15) is 31.4 Å². The highest BCUT2D eigenvalue weighted by atomic mass is 32.1. The molecule has 2 nitrogen and oxygen atoms in total. The average Bonchev–Trinajstić information content (AvgIpc) is 2.88. The molecule has 18 heavy (non-hydrogen) atoms. The molecule has 1 heterocycles. The fourth-order valence-electron chi connectivity index (χ4n) is 1.85. The van der Waals surface area contributed by atoms with E-state index in [1.54, 1.807) is 11.3 Å². The number of aryl methyl sites for hydroxylation is 1. The van der Waals surface area contributed by atoms with Crippen LogP contribution in [0.15, 0.2) is 35.7 Å². The van der Waals surface area contributed by atoms with Crippen LogP contribution >= 0.6 is 11.3 Å². The van der Waals surface area contributed by atoms with Crippen LogP contribution in [0.3, 0.4) is 0 Å². The number of unbranched alkanes of at least 4 members (excludes halogenated alkanes) is 3. The lowest BCUT2D eigenvalue weighted by molar-refractivity contribution is -0.107. The Bertz CT molecular complexity index is 478. The van der Waals surface area contributed by atoms with E-state index in [1.807, 2.05) is 18.2 Å². The first kappa shape index (κ1) is 13.0. The minimum atomic E-state index is 0.687. The first-order valence-electron chi connectivity index (χ1n) is 6.33. The molecule has 0 N–H and O–H groups in total. The maximum atomic E-state index is 10.2. The summed E-state index contributed by atoms with van der Waals surface area (Å²) in [5, 5.41) is 3.24. The Kier molecular flexibility index (Phi) is 5.09. The van der Waals surface area contributed by atoms with Gasteiger partial charge in [-0.1, -0.05) is 36.8 Å². The molecule has 0 spiro atoms. The second-order valence-corrected chi connectivity index (χ2v) is 5.13. The van der Waals surface area contributed by atoms with Crippen molar-refractivity contribution >= 4 is 17.6 Å². The summed E-state index contributed by atoms with van der Waals surface area (Å²) in [7, 11) is 0. The van der Waals surface area contributed by atoms with Crippen LogP contribution in [0.5, 0.6) is 0 Å². The van der Waals surface area contributed by atoms with Gasteiger partial charge >= 0.3 is 0 Å². The lowest BCUT2D eigenvalue weighted by atomic mass is 10.1. The van der Waals surface area contributed by atoms with Gasteiger partial charge in [0, 0.05) is 17.4 Å². The van der Waals surface area contributed by atoms with Crippen molar-refractivity contribution in [1.82, 2.24) is 4.98 Å². The zero-order chi connectivity index (χ0) is 12.6. The molecule has 0 amide bonds. The maximum absolute atomic E-state index is 10.2. The van der Waals surface area contributed by atoms with E-state index in [9.17, 15) is 4.79 Å². The van der Waals surface area contributed by atoms with Gasteiger partial charge in [0.15, 0.2) is 0 Å². The highest BCUT2D eigenvalue weighted by Gasteiger charge is 2.03. The van der Waals surface area contributed by atoms with Gasteiger partial charge in [0.05, 0.1) is 5.69 Å². The monoisotopic (exact) mass is 259 g/mol. The summed E-state index contributed by atoms with van der Waals surface area (Å²) in [4.78, 5) is 14.8. The van der Waals surface area contributed by atoms with Crippen LogP contribution in [0.4, 0.5) is 0 Å². The van der Waals surface area contributed by atoms with Gasteiger partial charge in [-0.2, -0.15) is 0 Å². The maximum Gasteiger partial charge on any atom is 0.123 e. The largest absolute Gasteiger partial charge is 0.303 e. The zero-order valence-corrected chi connectivity index (χ0v) is 11.2. The molecule has 1 aromatic heterocycles. The molecule has 1 aromatic carbocycles. The van der Waals surface area contributed by atoms with E-state index in [4.69, 9.17) is 0 Å². The minimum Gasteiger partial charge on any atom is -0.303 e. The number of aromatic nitrogens is 1. The van der Waals surface area contributed by atoms with Crippen molar-refractivity contribution < 1.29 is 4.79 Å². The molecule has 0 unspecified atom stereocenters. The molecule has 0 saturated heterocycles. The standard InChI is InChI=1S/C15H17NOS/c17-11-7-2-1-6-10-14-12-18-15(16-14)13-8-4-3-5-9-13/h3-5,8-9,11-12H,1-2,6-7,10H2. The first-order valence-corrected chi connectivity index (χ1v) is 7.21. The third-order valence-electron chi connectivity index (χ3n) is 2.83. The Hall–Kier alpha value is -1.48. The van der Waals surface area contributed by atoms with E-state index >= 15 is 0 Å². The number of benzene rings is 1. The van der Waals surface area contributed by atoms with E-state index in [1.165, 1.54) is 11.3 Å². The molecule has 0 bridgehead atoms. The van der Waals surface area contributed by atoms with Gasteiger partial charge in [0.1, 0.15) is 11.3 Å². The molecule has 0 fully saturated rings. The summed E-state index contributed by atoms with van der Waals surface area (Å²) in [5.74, 6) is 0. The number of rotatable bonds is 7. The van der Waals surface area contributed by atoms with Gasteiger partial charge < -0.3 is 4.79 Å². The topological polar surface area (TPSA) is 30.0 Å². The number of aldehydes is 1. The van der Waals surface area contributed by atoms with Gasteiger partial charge in [-0.3, -0.25) is 0 Å². The lowest BCUT2D eigenvalue weighted by Crippen LogP contribution is -1.87. The summed E-state index contributed by atoms with van der Waals surface area (Å²) in [5.41, 5.74) is 2.36. The number of thiazole rings is 1. The molecule has 0 aliphatic rings. The molecule has 0 aliphatic carbocycles. The van der Waals surface area contributed by atoms with Crippen LogP contribution < -0.4 is 0 Å². The Morgan fingerprint density at radius 3 is 2.72 bits per heavy atom. The van der Waals surface area contributed by atoms with E-state index in [0.29, 0.717) is 6.42 Å². The van der Waals surface area contributed by atoms with Gasteiger partial charge in [-0.25, -0.2) is 4.98 Å². The lowest BCUT2D eigenvalue weighted by Gasteiger charge is -1.96. The summed E-state index contributed by atoms with van der Waals surface area (Å²) in [6.45, 7) is 0. The average molecular weight is 259 g/mol. The molecule has 3 heteroatoms. The SMILES string of the molecule is O=CCCCCCc1csc(-c2ccccc2)n1. The summed E-state index contributed by atoms with van der Waals surface area (Å²) >= 11 is 1.70. The molecule has 0 saturated carbocycles. The van der Waals surface area contributed by atoms with Crippen molar-refractivity contribution in [3.63, 3.8) is 0 Å². The minimum absolute atomic E-state index is 0.687. The summed E-state index contributed by atoms with van der Waals surface area (Å²) < 4.78 is 0. The van der Waals surface area contributed by atoms with Crippen LogP contribution in [-0.4, -0.2) is 11.3 Å². The highest BCUT2D eigenvalue weighted by Crippen LogP contribution is 2.23. The predicted octanol–water partition coefficient (Wildman–Crippen LogP) is 4.11. The van der Waals surface area contributed by atoms with Crippen LogP contribution in [0.2, 0.25) is 0 Å². The van der Waals surface area contributed by atoms with Crippen molar-refractivity contribution in [2.75, 3.05) is 0 Å². The zero-order valence-electron chi connectivity index (χ0n) is 10.3. The van der Waals surface area contributed by atoms with Crippen molar-refractivity contribution in [1.29, 1.82) is 0 Å². The number of hydrogen-bond acceptors (Lipinski definition) is 3. The molecule has 2 aromatic rings. The van der Waals surface area contributed by atoms with Crippen molar-refractivity contribution in [2.45, 2.75) is 32.1 Å². The third-order valence-corrected chi connectivity index (χ3v) is 3.77. The van der Waals surface area contributed by atoms with Gasteiger partial charge in [0.2, 0.25) is 0 Å². The van der Waals surface area contributed by atoms with Crippen molar-refractivity contribution in [2.24, 2.45) is 0 Å². The third kappa shape index (κ3) is 3.77. The number of carbonyl (C=O) groups excluding carboxylic acids is 1. The highest BCUT2D eigenvalue weighted by molar-refractivity contribution is 7.13. The van der Waals surface area contributed by atoms with E-state index < -0.39 is 0 Å². The molecule has 0 radical (unpaired) electrons. The van der Waals surface area contributed by atoms with Gasteiger partial charge in [-0.05, 0) is 19.3 Å². The van der Waals surface area contributed by atoms with E-state index in [0.717, 1.165) is 37.0 Å². The molecular formula is C15H17NOS.